The highest BCUT2D eigenvalue weighted by molar-refractivity contribution is 6.32. The van der Waals surface area contributed by atoms with Crippen molar-refractivity contribution in [2.24, 2.45) is 5.92 Å². The number of amides is 1. The number of rotatable bonds is 6. The van der Waals surface area contributed by atoms with Crippen LogP contribution >= 0.6 is 23.2 Å². The van der Waals surface area contributed by atoms with Gasteiger partial charge >= 0.3 is 5.69 Å². The molecular weight excluding hydrogens is 523 g/mol. The monoisotopic (exact) mass is 545 g/mol. The van der Waals surface area contributed by atoms with Gasteiger partial charge in [0.15, 0.2) is 5.65 Å². The molecule has 4 aromatic rings. The smallest absolute Gasteiger partial charge is 0.335 e. The third-order valence-electron chi connectivity index (χ3n) is 6.74. The quantitative estimate of drug-likeness (QED) is 0.331. The Bertz CT molecular complexity index is 1510. The molecule has 0 spiro atoms. The number of para-hydroxylation sites is 1. The Hall–Kier alpha value is -3.30. The number of carbonyl (C=O) groups excluding carboxylic acids is 1. The molecule has 7 nitrogen and oxygen atoms in total. The second kappa shape index (κ2) is 10.6. The fourth-order valence-corrected chi connectivity index (χ4v) is 5.31. The van der Waals surface area contributed by atoms with Gasteiger partial charge in [0.1, 0.15) is 5.69 Å². The van der Waals surface area contributed by atoms with Gasteiger partial charge in [0.05, 0.1) is 26.8 Å². The first kappa shape index (κ1) is 25.4. The van der Waals surface area contributed by atoms with Crippen LogP contribution in [0.3, 0.4) is 0 Å². The van der Waals surface area contributed by atoms with Crippen LogP contribution in [0.15, 0.2) is 59.7 Å². The topological polar surface area (TPSA) is 81.8 Å². The molecule has 0 saturated heterocycles. The van der Waals surface area contributed by atoms with E-state index in [1.165, 1.54) is 10.6 Å². The van der Waals surface area contributed by atoms with Crippen molar-refractivity contribution in [2.75, 3.05) is 0 Å². The molecule has 0 atom stereocenters. The summed E-state index contributed by atoms with van der Waals surface area (Å²) in [5, 5.41) is 3.42. The summed E-state index contributed by atoms with van der Waals surface area (Å²) in [5.41, 5.74) is 0.809. The zero-order valence-electron chi connectivity index (χ0n) is 19.6. The number of nitrogens with one attached hydrogen (secondary N) is 1. The van der Waals surface area contributed by atoms with Crippen molar-refractivity contribution in [3.63, 3.8) is 0 Å². The number of carbonyl (C=O) groups is 1. The summed E-state index contributed by atoms with van der Waals surface area (Å²) in [4.78, 5) is 34.3. The zero-order chi connectivity index (χ0) is 26.1. The summed E-state index contributed by atoms with van der Waals surface area (Å²) in [6, 6.07) is 11.8. The van der Waals surface area contributed by atoms with Crippen LogP contribution in [0.2, 0.25) is 10.0 Å². The number of nitrogens with zero attached hydrogens (tertiary/aromatic N) is 4. The Balaban J connectivity index is 1.31. The van der Waals surface area contributed by atoms with E-state index in [2.05, 4.69) is 15.3 Å². The Morgan fingerprint density at radius 1 is 1.08 bits per heavy atom. The zero-order valence-corrected chi connectivity index (χ0v) is 21.1. The number of hydrogen-bond acceptors (Lipinski definition) is 4. The van der Waals surface area contributed by atoms with Gasteiger partial charge in [0.25, 0.3) is 12.3 Å². The van der Waals surface area contributed by atoms with E-state index in [9.17, 15) is 18.4 Å². The Labute approximate surface area is 221 Å². The minimum atomic E-state index is -2.88. The highest BCUT2D eigenvalue weighted by Crippen LogP contribution is 2.29. The molecule has 3 aromatic heterocycles. The van der Waals surface area contributed by atoms with E-state index in [1.807, 2.05) is 12.1 Å². The van der Waals surface area contributed by atoms with Crippen LogP contribution in [0.1, 0.15) is 48.2 Å². The van der Waals surface area contributed by atoms with E-state index in [-0.39, 0.29) is 28.2 Å². The highest BCUT2D eigenvalue weighted by Gasteiger charge is 2.27. The van der Waals surface area contributed by atoms with E-state index in [1.54, 1.807) is 35.0 Å². The SMILES string of the molecule is O=C(N[C@H]1CC[C@H](Cn2c(=O)n(-c3ccccc3Cl)c3ncccc32)CC1)c1cc(Cl)cnc1C(F)F. The van der Waals surface area contributed by atoms with Gasteiger partial charge in [-0.05, 0) is 61.9 Å². The highest BCUT2D eigenvalue weighted by atomic mass is 35.5. The molecule has 0 radical (unpaired) electrons. The van der Waals surface area contributed by atoms with E-state index in [4.69, 9.17) is 23.2 Å². The van der Waals surface area contributed by atoms with Crippen LogP contribution in [-0.2, 0) is 6.54 Å². The second-order valence-corrected chi connectivity index (χ2v) is 9.95. The van der Waals surface area contributed by atoms with Gasteiger partial charge in [-0.25, -0.2) is 23.1 Å². The lowest BCUT2D eigenvalue weighted by Crippen LogP contribution is -2.39. The third kappa shape index (κ3) is 5.10. The molecule has 0 aliphatic heterocycles. The van der Waals surface area contributed by atoms with Gasteiger partial charge in [-0.15, -0.1) is 0 Å². The third-order valence-corrected chi connectivity index (χ3v) is 7.27. The summed E-state index contributed by atoms with van der Waals surface area (Å²) < 4.78 is 29.9. The number of fused-ring (bicyclic) bond motifs is 1. The average Bonchev–Trinajstić information content (AvgIpc) is 3.16. The summed E-state index contributed by atoms with van der Waals surface area (Å²) in [7, 11) is 0. The molecule has 1 aliphatic rings. The van der Waals surface area contributed by atoms with Crippen LogP contribution in [0, 0.1) is 5.92 Å². The number of imidazole rings is 1. The molecule has 1 saturated carbocycles. The Kier molecular flexibility index (Phi) is 7.26. The van der Waals surface area contributed by atoms with Crippen molar-refractivity contribution in [3.05, 3.63) is 86.6 Å². The maximum absolute atomic E-state index is 13.5. The van der Waals surface area contributed by atoms with E-state index in [0.29, 0.717) is 35.7 Å². The first-order valence-corrected chi connectivity index (χ1v) is 12.6. The van der Waals surface area contributed by atoms with Crippen molar-refractivity contribution < 1.29 is 13.6 Å². The Morgan fingerprint density at radius 2 is 1.84 bits per heavy atom. The second-order valence-electron chi connectivity index (χ2n) is 9.10. The maximum atomic E-state index is 13.5. The average molecular weight is 546 g/mol. The van der Waals surface area contributed by atoms with Crippen molar-refractivity contribution >= 4 is 40.3 Å². The van der Waals surface area contributed by atoms with Gasteiger partial charge in [-0.2, -0.15) is 0 Å². The lowest BCUT2D eigenvalue weighted by molar-refractivity contribution is 0.0904. The molecule has 192 valence electrons. The summed E-state index contributed by atoms with van der Waals surface area (Å²) in [6.07, 6.45) is 2.69. The Morgan fingerprint density at radius 3 is 2.57 bits per heavy atom. The van der Waals surface area contributed by atoms with Crippen LogP contribution in [-0.4, -0.2) is 31.1 Å². The minimum absolute atomic E-state index is 0.120. The van der Waals surface area contributed by atoms with Crippen LogP contribution in [0.4, 0.5) is 8.78 Å². The van der Waals surface area contributed by atoms with E-state index < -0.39 is 18.0 Å². The maximum Gasteiger partial charge on any atom is 0.335 e. The number of aromatic nitrogens is 4. The van der Waals surface area contributed by atoms with E-state index in [0.717, 1.165) is 24.6 Å². The lowest BCUT2D eigenvalue weighted by Gasteiger charge is -2.29. The van der Waals surface area contributed by atoms with Crippen LogP contribution in [0.5, 0.6) is 0 Å². The molecule has 1 amide bonds. The number of benzene rings is 1. The molecule has 37 heavy (non-hydrogen) atoms. The number of halogens is 4. The molecular formula is C26H23Cl2F2N5O2. The standard InChI is InChI=1S/C26H23Cl2F2N5O2/c27-16-12-18(22(23(29)30)32-13-16)25(36)33-17-9-7-15(8-10-17)14-34-21-6-3-11-31-24(21)35(26(34)37)20-5-2-1-4-19(20)28/h1-6,11-13,15,17,23H,7-10,14H2,(H,33,36)/t15-,17-. The van der Waals surface area contributed by atoms with Crippen molar-refractivity contribution in [2.45, 2.75) is 44.7 Å². The summed E-state index contributed by atoms with van der Waals surface area (Å²) in [6.45, 7) is 0.493. The van der Waals surface area contributed by atoms with Crippen LogP contribution < -0.4 is 11.0 Å². The van der Waals surface area contributed by atoms with Crippen molar-refractivity contribution in [3.8, 4) is 5.69 Å². The fraction of sp³-hybridized carbons (Fsp3) is 0.308. The lowest BCUT2D eigenvalue weighted by atomic mass is 9.85. The fourth-order valence-electron chi connectivity index (χ4n) is 4.93. The first-order valence-electron chi connectivity index (χ1n) is 11.9. The van der Waals surface area contributed by atoms with Gasteiger partial charge in [0, 0.05) is 25.0 Å². The molecule has 1 aliphatic carbocycles. The first-order chi connectivity index (χ1) is 17.8. The van der Waals surface area contributed by atoms with Crippen molar-refractivity contribution in [1.29, 1.82) is 0 Å². The molecule has 5 rings (SSSR count). The molecule has 1 aromatic carbocycles. The minimum Gasteiger partial charge on any atom is -0.349 e. The van der Waals surface area contributed by atoms with E-state index >= 15 is 0 Å². The predicted octanol–water partition coefficient (Wildman–Crippen LogP) is 5.82. The molecule has 11 heteroatoms. The molecule has 1 N–H and O–H groups in total. The van der Waals surface area contributed by atoms with Crippen LogP contribution in [0.25, 0.3) is 16.9 Å². The molecule has 0 bridgehead atoms. The number of alkyl halides is 2. The summed E-state index contributed by atoms with van der Waals surface area (Å²) >= 11 is 12.3. The van der Waals surface area contributed by atoms with Gasteiger partial charge in [0.2, 0.25) is 0 Å². The summed E-state index contributed by atoms with van der Waals surface area (Å²) in [5.74, 6) is -0.417. The molecule has 1 fully saturated rings. The molecule has 0 unspecified atom stereocenters. The predicted molar refractivity (Wildman–Crippen MR) is 138 cm³/mol. The largest absolute Gasteiger partial charge is 0.349 e. The normalized spacial score (nSPS) is 17.9. The number of hydrogen-bond donors (Lipinski definition) is 1. The van der Waals surface area contributed by atoms with Gasteiger partial charge in [-0.1, -0.05) is 35.3 Å². The van der Waals surface area contributed by atoms with Gasteiger partial charge in [-0.3, -0.25) is 14.3 Å². The number of pyridine rings is 2. The molecule has 3 heterocycles. The van der Waals surface area contributed by atoms with Crippen molar-refractivity contribution in [1.82, 2.24) is 24.4 Å². The van der Waals surface area contributed by atoms with Gasteiger partial charge < -0.3 is 5.32 Å².